The molecule has 1 aromatic heterocycles. The van der Waals surface area contributed by atoms with Crippen molar-refractivity contribution < 1.29 is 13.2 Å². The first-order valence-corrected chi connectivity index (χ1v) is 6.52. The zero-order chi connectivity index (χ0) is 15.5. The number of benzene rings is 1. The fourth-order valence-corrected chi connectivity index (χ4v) is 2.12. The quantitative estimate of drug-likeness (QED) is 0.670. The third kappa shape index (κ3) is 3.93. The van der Waals surface area contributed by atoms with E-state index in [-0.39, 0.29) is 0 Å². The predicted molar refractivity (Wildman–Crippen MR) is 74.5 cm³/mol. The molecule has 7 heteroatoms. The molecule has 0 saturated carbocycles. The van der Waals surface area contributed by atoms with Gasteiger partial charge in [0.2, 0.25) is 0 Å². The first kappa shape index (κ1) is 15.8. The molecule has 3 nitrogen and oxygen atoms in total. The third-order valence-electron chi connectivity index (χ3n) is 3.05. The summed E-state index contributed by atoms with van der Waals surface area (Å²) in [6.07, 6.45) is -3.18. The molecule has 0 fully saturated rings. The van der Waals surface area contributed by atoms with Gasteiger partial charge in [0.1, 0.15) is 0 Å². The first-order valence-electron chi connectivity index (χ1n) is 6.14. The maximum absolute atomic E-state index is 12.5. The number of pyridine rings is 1. The monoisotopic (exact) mass is 315 g/mol. The summed E-state index contributed by atoms with van der Waals surface area (Å²) in [6.45, 7) is 0. The Bertz CT molecular complexity index is 599. The van der Waals surface area contributed by atoms with E-state index in [0.717, 1.165) is 17.8 Å². The Labute approximate surface area is 124 Å². The summed E-state index contributed by atoms with van der Waals surface area (Å²) in [5.41, 5.74) is 3.02. The van der Waals surface area contributed by atoms with Crippen LogP contribution in [0, 0.1) is 0 Å². The minimum atomic E-state index is -4.40. The lowest BCUT2D eigenvalue weighted by Gasteiger charge is -2.17. The highest BCUT2D eigenvalue weighted by Crippen LogP contribution is 2.29. The summed E-state index contributed by atoms with van der Waals surface area (Å²) in [5, 5.41) is 0.574. The minimum Gasteiger partial charge on any atom is -0.271 e. The van der Waals surface area contributed by atoms with E-state index in [1.54, 1.807) is 12.1 Å². The molecule has 1 atom stereocenters. The van der Waals surface area contributed by atoms with Crippen LogP contribution >= 0.6 is 11.6 Å². The van der Waals surface area contributed by atoms with Crippen LogP contribution in [0.3, 0.4) is 0 Å². The lowest BCUT2D eigenvalue weighted by Crippen LogP contribution is -2.30. The van der Waals surface area contributed by atoms with Crippen molar-refractivity contribution in [1.29, 1.82) is 0 Å². The lowest BCUT2D eigenvalue weighted by atomic mass is 10.0. The summed E-state index contributed by atoms with van der Waals surface area (Å²) in [5.74, 6) is 5.47. The normalized spacial score (nSPS) is 13.2. The van der Waals surface area contributed by atoms with Crippen molar-refractivity contribution in [3.05, 3.63) is 64.4 Å². The number of hydrogen-bond donors (Lipinski definition) is 2. The van der Waals surface area contributed by atoms with Crippen molar-refractivity contribution in [3.63, 3.8) is 0 Å². The Morgan fingerprint density at radius 2 is 1.90 bits per heavy atom. The molecule has 1 unspecified atom stereocenters. The van der Waals surface area contributed by atoms with Gasteiger partial charge in [-0.25, -0.2) is 0 Å². The lowest BCUT2D eigenvalue weighted by molar-refractivity contribution is -0.137. The molecule has 0 aliphatic heterocycles. The Morgan fingerprint density at radius 3 is 2.43 bits per heavy atom. The van der Waals surface area contributed by atoms with Crippen LogP contribution in [-0.2, 0) is 12.6 Å². The van der Waals surface area contributed by atoms with Crippen molar-refractivity contribution in [2.75, 3.05) is 0 Å². The first-order chi connectivity index (χ1) is 9.91. The maximum Gasteiger partial charge on any atom is 0.417 e. The summed E-state index contributed by atoms with van der Waals surface area (Å²) in [7, 11) is 0. The van der Waals surface area contributed by atoms with E-state index in [9.17, 15) is 13.2 Å². The van der Waals surface area contributed by atoms with Crippen LogP contribution in [0.2, 0.25) is 5.02 Å². The third-order valence-corrected chi connectivity index (χ3v) is 3.42. The summed E-state index contributed by atoms with van der Waals surface area (Å²) in [6, 6.07) is 9.07. The molecule has 2 aromatic rings. The number of hydrogen-bond acceptors (Lipinski definition) is 3. The molecule has 0 saturated heterocycles. The van der Waals surface area contributed by atoms with Gasteiger partial charge in [-0.15, -0.1) is 0 Å². The second-order valence-corrected chi connectivity index (χ2v) is 4.89. The molecular formula is C14H13ClF3N3. The molecular weight excluding hydrogens is 303 g/mol. The van der Waals surface area contributed by atoms with Crippen LogP contribution in [0.1, 0.15) is 22.9 Å². The highest BCUT2D eigenvalue weighted by molar-refractivity contribution is 6.31. The Hall–Kier alpha value is -1.63. The molecule has 0 aliphatic rings. The van der Waals surface area contributed by atoms with Gasteiger partial charge in [-0.1, -0.05) is 29.8 Å². The van der Waals surface area contributed by atoms with E-state index in [4.69, 9.17) is 17.4 Å². The number of aromatic nitrogens is 1. The van der Waals surface area contributed by atoms with Crippen molar-refractivity contribution in [3.8, 4) is 0 Å². The molecule has 1 aromatic carbocycles. The van der Waals surface area contributed by atoms with Gasteiger partial charge in [-0.05, 0) is 30.2 Å². The molecule has 0 bridgehead atoms. The molecule has 21 heavy (non-hydrogen) atoms. The second kappa shape index (κ2) is 6.43. The standard InChI is InChI=1S/C14H13ClF3N3/c15-11-4-2-1-3-9(11)7-13(21-19)12-6-5-10(8-20-12)14(16,17)18/h1-6,8,13,21H,7,19H2. The van der Waals surface area contributed by atoms with Crippen LogP contribution in [0.25, 0.3) is 0 Å². The van der Waals surface area contributed by atoms with Crippen molar-refractivity contribution in [1.82, 2.24) is 10.4 Å². The SMILES string of the molecule is NNC(Cc1ccccc1Cl)c1ccc(C(F)(F)F)cn1. The molecule has 1 heterocycles. The number of hydrazine groups is 1. The van der Waals surface area contributed by atoms with Crippen LogP contribution < -0.4 is 11.3 Å². The molecule has 0 aliphatic carbocycles. The fourth-order valence-electron chi connectivity index (χ4n) is 1.91. The predicted octanol–water partition coefficient (Wildman–Crippen LogP) is 3.50. The maximum atomic E-state index is 12.5. The van der Waals surface area contributed by atoms with Gasteiger partial charge in [-0.2, -0.15) is 13.2 Å². The fraction of sp³-hybridized carbons (Fsp3) is 0.214. The minimum absolute atomic E-state index is 0.422. The highest BCUT2D eigenvalue weighted by atomic mass is 35.5. The van der Waals surface area contributed by atoms with Gasteiger partial charge < -0.3 is 0 Å². The second-order valence-electron chi connectivity index (χ2n) is 4.48. The van der Waals surface area contributed by atoms with E-state index >= 15 is 0 Å². The number of nitrogens with zero attached hydrogens (tertiary/aromatic N) is 1. The topological polar surface area (TPSA) is 50.9 Å². The highest BCUT2D eigenvalue weighted by Gasteiger charge is 2.31. The van der Waals surface area contributed by atoms with Gasteiger partial charge in [-0.3, -0.25) is 16.3 Å². The number of halogens is 4. The average Bonchev–Trinajstić information content (AvgIpc) is 2.46. The largest absolute Gasteiger partial charge is 0.417 e. The number of nitrogens with one attached hydrogen (secondary N) is 1. The van der Waals surface area contributed by atoms with Crippen LogP contribution in [0.15, 0.2) is 42.6 Å². The Morgan fingerprint density at radius 1 is 1.19 bits per heavy atom. The Balaban J connectivity index is 2.20. The van der Waals surface area contributed by atoms with Crippen molar-refractivity contribution >= 4 is 11.6 Å². The van der Waals surface area contributed by atoms with E-state index < -0.39 is 17.8 Å². The van der Waals surface area contributed by atoms with Crippen LogP contribution in [0.5, 0.6) is 0 Å². The zero-order valence-corrected chi connectivity index (χ0v) is 11.6. The van der Waals surface area contributed by atoms with E-state index in [1.165, 1.54) is 6.07 Å². The van der Waals surface area contributed by atoms with Gasteiger partial charge in [0.15, 0.2) is 0 Å². The van der Waals surface area contributed by atoms with Gasteiger partial charge in [0.05, 0.1) is 17.3 Å². The number of rotatable bonds is 4. The number of alkyl halides is 3. The molecule has 112 valence electrons. The summed E-state index contributed by atoms with van der Waals surface area (Å²) >= 11 is 6.06. The average molecular weight is 316 g/mol. The Kier molecular flexibility index (Phi) is 4.82. The van der Waals surface area contributed by atoms with E-state index in [0.29, 0.717) is 17.1 Å². The summed E-state index contributed by atoms with van der Waals surface area (Å²) < 4.78 is 37.5. The van der Waals surface area contributed by atoms with Crippen LogP contribution in [-0.4, -0.2) is 4.98 Å². The number of nitrogens with two attached hydrogens (primary N) is 1. The smallest absolute Gasteiger partial charge is 0.271 e. The summed E-state index contributed by atoms with van der Waals surface area (Å²) in [4.78, 5) is 3.84. The van der Waals surface area contributed by atoms with Crippen molar-refractivity contribution in [2.45, 2.75) is 18.6 Å². The van der Waals surface area contributed by atoms with Crippen LogP contribution in [0.4, 0.5) is 13.2 Å². The van der Waals surface area contributed by atoms with Gasteiger partial charge in [0, 0.05) is 11.2 Å². The zero-order valence-electron chi connectivity index (χ0n) is 10.9. The van der Waals surface area contributed by atoms with E-state index in [2.05, 4.69) is 10.4 Å². The van der Waals surface area contributed by atoms with Gasteiger partial charge >= 0.3 is 6.18 Å². The molecule has 2 rings (SSSR count). The van der Waals surface area contributed by atoms with E-state index in [1.807, 2.05) is 12.1 Å². The van der Waals surface area contributed by atoms with Gasteiger partial charge in [0.25, 0.3) is 0 Å². The van der Waals surface area contributed by atoms with Crippen molar-refractivity contribution in [2.24, 2.45) is 5.84 Å². The molecule has 0 amide bonds. The molecule has 3 N–H and O–H groups in total. The molecule has 0 spiro atoms. The molecule has 0 radical (unpaired) electrons.